The minimum atomic E-state index is -0.602. The minimum Gasteiger partial charge on any atom is -0.497 e. The maximum absolute atomic E-state index is 13.9. The second kappa shape index (κ2) is 10.0. The van der Waals surface area contributed by atoms with Crippen molar-refractivity contribution in [2.75, 3.05) is 35.0 Å². The van der Waals surface area contributed by atoms with Crippen LogP contribution in [0, 0.1) is 0 Å². The van der Waals surface area contributed by atoms with Crippen LogP contribution in [-0.2, 0) is 17.8 Å². The topological polar surface area (TPSA) is 86.3 Å². The SMILES string of the molecule is COc1ccc(CNC(=O)[C@H]2c3ccccc3C(=O)N3CCc4cc(OC)c(OC)cc4[C@@H]23)c(OC)c1. The molecule has 2 aliphatic heterocycles. The van der Waals surface area contributed by atoms with Crippen molar-refractivity contribution in [2.24, 2.45) is 0 Å². The highest BCUT2D eigenvalue weighted by Crippen LogP contribution is 2.48. The Morgan fingerprint density at radius 3 is 2.35 bits per heavy atom. The summed E-state index contributed by atoms with van der Waals surface area (Å²) in [6.45, 7) is 0.778. The van der Waals surface area contributed by atoms with Crippen LogP contribution in [0.1, 0.15) is 44.6 Å². The maximum atomic E-state index is 13.9. The van der Waals surface area contributed by atoms with Crippen molar-refractivity contribution in [2.45, 2.75) is 24.9 Å². The van der Waals surface area contributed by atoms with Gasteiger partial charge in [0, 0.05) is 30.3 Å². The van der Waals surface area contributed by atoms with Gasteiger partial charge in [-0.15, -0.1) is 0 Å². The summed E-state index contributed by atoms with van der Waals surface area (Å²) in [5.41, 5.74) is 4.04. The lowest BCUT2D eigenvalue weighted by atomic mass is 9.75. The maximum Gasteiger partial charge on any atom is 0.254 e. The van der Waals surface area contributed by atoms with Gasteiger partial charge < -0.3 is 29.2 Å². The molecule has 8 nitrogen and oxygen atoms in total. The number of nitrogens with one attached hydrogen (secondary N) is 1. The monoisotopic (exact) mass is 502 g/mol. The molecule has 0 radical (unpaired) electrons. The first kappa shape index (κ1) is 24.5. The van der Waals surface area contributed by atoms with E-state index in [-0.39, 0.29) is 18.4 Å². The van der Waals surface area contributed by atoms with E-state index in [2.05, 4.69) is 5.32 Å². The fourth-order valence-corrected chi connectivity index (χ4v) is 5.43. The van der Waals surface area contributed by atoms with Crippen LogP contribution in [0.2, 0.25) is 0 Å². The zero-order valence-corrected chi connectivity index (χ0v) is 21.4. The summed E-state index contributed by atoms with van der Waals surface area (Å²) in [6.07, 6.45) is 0.664. The Bertz CT molecular complexity index is 1350. The van der Waals surface area contributed by atoms with Crippen LogP contribution >= 0.6 is 0 Å². The van der Waals surface area contributed by atoms with Gasteiger partial charge in [-0.05, 0) is 53.4 Å². The Kier molecular flexibility index (Phi) is 6.65. The molecule has 0 aromatic heterocycles. The fraction of sp³-hybridized carbons (Fsp3) is 0.310. The highest BCUT2D eigenvalue weighted by molar-refractivity contribution is 6.01. The molecule has 0 aliphatic carbocycles. The molecule has 2 aliphatic rings. The number of amides is 2. The van der Waals surface area contributed by atoms with Gasteiger partial charge in [0.2, 0.25) is 5.91 Å². The smallest absolute Gasteiger partial charge is 0.254 e. The van der Waals surface area contributed by atoms with Crippen molar-refractivity contribution in [3.63, 3.8) is 0 Å². The lowest BCUT2D eigenvalue weighted by Gasteiger charge is -2.45. The molecular formula is C29H30N2O6. The average Bonchev–Trinajstić information content (AvgIpc) is 2.95. The third kappa shape index (κ3) is 4.22. The van der Waals surface area contributed by atoms with E-state index in [9.17, 15) is 9.59 Å². The Balaban J connectivity index is 1.55. The number of carbonyl (C=O) groups excluding carboxylic acids is 2. The molecule has 0 fully saturated rings. The van der Waals surface area contributed by atoms with Gasteiger partial charge >= 0.3 is 0 Å². The second-order valence-corrected chi connectivity index (χ2v) is 9.06. The standard InChI is InChI=1S/C29H30N2O6/c1-34-19-10-9-18(23(14-19)35-2)16-30-28(32)26-20-7-5-6-8-21(20)29(33)31-12-11-17-13-24(36-3)25(37-4)15-22(17)27(26)31/h5-10,13-15,26-27H,11-12,16H2,1-4H3,(H,30,32)/t26-,27-/m0/s1. The van der Waals surface area contributed by atoms with Crippen LogP contribution in [0.25, 0.3) is 0 Å². The molecule has 1 N–H and O–H groups in total. The zero-order chi connectivity index (χ0) is 26.1. The molecular weight excluding hydrogens is 472 g/mol. The number of carbonyl (C=O) groups is 2. The summed E-state index contributed by atoms with van der Waals surface area (Å²) in [5.74, 6) is 1.65. The van der Waals surface area contributed by atoms with E-state index in [1.807, 2.05) is 47.4 Å². The molecule has 2 heterocycles. The van der Waals surface area contributed by atoms with E-state index in [0.717, 1.165) is 22.3 Å². The van der Waals surface area contributed by atoms with Crippen molar-refractivity contribution in [1.82, 2.24) is 10.2 Å². The molecule has 8 heteroatoms. The van der Waals surface area contributed by atoms with Crippen molar-refractivity contribution < 1.29 is 28.5 Å². The predicted octanol–water partition coefficient (Wildman–Crippen LogP) is 3.87. The molecule has 2 amide bonds. The van der Waals surface area contributed by atoms with Crippen LogP contribution in [0.15, 0.2) is 54.6 Å². The number of fused-ring (bicyclic) bond motifs is 4. The Morgan fingerprint density at radius 1 is 0.892 bits per heavy atom. The number of methoxy groups -OCH3 is 4. The van der Waals surface area contributed by atoms with Crippen molar-refractivity contribution >= 4 is 11.8 Å². The summed E-state index contributed by atoms with van der Waals surface area (Å²) in [5, 5.41) is 3.10. The van der Waals surface area contributed by atoms with E-state index in [0.29, 0.717) is 41.5 Å². The number of nitrogens with zero attached hydrogens (tertiary/aromatic N) is 1. The highest BCUT2D eigenvalue weighted by Gasteiger charge is 2.46. The molecule has 192 valence electrons. The zero-order valence-electron chi connectivity index (χ0n) is 21.4. The molecule has 3 aromatic rings. The normalized spacial score (nSPS) is 17.7. The summed E-state index contributed by atoms with van der Waals surface area (Å²) in [6, 6.07) is 16.2. The Labute approximate surface area is 216 Å². The third-order valence-electron chi connectivity index (χ3n) is 7.25. The van der Waals surface area contributed by atoms with Crippen LogP contribution in [0.4, 0.5) is 0 Å². The van der Waals surface area contributed by atoms with Gasteiger partial charge in [-0.3, -0.25) is 9.59 Å². The van der Waals surface area contributed by atoms with E-state index in [4.69, 9.17) is 18.9 Å². The van der Waals surface area contributed by atoms with Gasteiger partial charge in [-0.2, -0.15) is 0 Å². The van der Waals surface area contributed by atoms with E-state index >= 15 is 0 Å². The molecule has 0 unspecified atom stereocenters. The summed E-state index contributed by atoms with van der Waals surface area (Å²) in [4.78, 5) is 29.3. The van der Waals surface area contributed by atoms with Crippen LogP contribution in [0.3, 0.4) is 0 Å². The number of hydrogen-bond acceptors (Lipinski definition) is 6. The summed E-state index contributed by atoms with van der Waals surface area (Å²) >= 11 is 0. The van der Waals surface area contributed by atoms with Crippen LogP contribution < -0.4 is 24.3 Å². The minimum absolute atomic E-state index is 0.0677. The fourth-order valence-electron chi connectivity index (χ4n) is 5.43. The molecule has 37 heavy (non-hydrogen) atoms. The summed E-state index contributed by atoms with van der Waals surface area (Å²) in [7, 11) is 6.36. The number of rotatable bonds is 7. The van der Waals surface area contributed by atoms with E-state index in [1.54, 1.807) is 40.6 Å². The highest BCUT2D eigenvalue weighted by atomic mass is 16.5. The molecule has 5 rings (SSSR count). The number of hydrogen-bond donors (Lipinski definition) is 1. The van der Waals surface area contributed by atoms with Gasteiger partial charge in [-0.25, -0.2) is 0 Å². The van der Waals surface area contributed by atoms with Gasteiger partial charge in [0.15, 0.2) is 11.5 Å². The van der Waals surface area contributed by atoms with Gasteiger partial charge in [0.25, 0.3) is 5.91 Å². The molecule has 0 spiro atoms. The van der Waals surface area contributed by atoms with Gasteiger partial charge in [0.1, 0.15) is 11.5 Å². The summed E-state index contributed by atoms with van der Waals surface area (Å²) < 4.78 is 21.9. The first-order valence-electron chi connectivity index (χ1n) is 12.1. The molecule has 0 saturated heterocycles. The second-order valence-electron chi connectivity index (χ2n) is 9.06. The molecule has 2 atom stereocenters. The molecule has 0 bridgehead atoms. The van der Waals surface area contributed by atoms with E-state index in [1.165, 1.54) is 0 Å². The predicted molar refractivity (Wildman–Crippen MR) is 138 cm³/mol. The Hall–Kier alpha value is -4.20. The number of ether oxygens (including phenoxy) is 4. The van der Waals surface area contributed by atoms with Crippen LogP contribution in [0.5, 0.6) is 23.0 Å². The first-order valence-corrected chi connectivity index (χ1v) is 12.1. The first-order chi connectivity index (χ1) is 18.0. The van der Waals surface area contributed by atoms with Gasteiger partial charge in [-0.1, -0.05) is 18.2 Å². The molecule has 0 saturated carbocycles. The van der Waals surface area contributed by atoms with Crippen molar-refractivity contribution in [3.05, 3.63) is 82.4 Å². The van der Waals surface area contributed by atoms with Crippen LogP contribution in [-0.4, -0.2) is 51.7 Å². The Morgan fingerprint density at radius 2 is 1.62 bits per heavy atom. The lowest BCUT2D eigenvalue weighted by molar-refractivity contribution is -0.124. The lowest BCUT2D eigenvalue weighted by Crippen LogP contribution is -2.50. The largest absolute Gasteiger partial charge is 0.497 e. The quantitative estimate of drug-likeness (QED) is 0.528. The number of benzene rings is 3. The molecule has 3 aromatic carbocycles. The van der Waals surface area contributed by atoms with Crippen molar-refractivity contribution in [3.8, 4) is 23.0 Å². The van der Waals surface area contributed by atoms with Crippen molar-refractivity contribution in [1.29, 1.82) is 0 Å². The van der Waals surface area contributed by atoms with Gasteiger partial charge in [0.05, 0.1) is 40.4 Å². The third-order valence-corrected chi connectivity index (χ3v) is 7.25. The van der Waals surface area contributed by atoms with E-state index < -0.39 is 12.0 Å². The average molecular weight is 503 g/mol.